The molecule has 15 heteroatoms. The van der Waals surface area contributed by atoms with Crippen LogP contribution in [0.5, 0.6) is 5.88 Å². The van der Waals surface area contributed by atoms with Crippen LogP contribution >= 0.6 is 23.2 Å². The molecule has 0 spiro atoms. The van der Waals surface area contributed by atoms with Gasteiger partial charge in [0.2, 0.25) is 11.8 Å². The fourth-order valence-electron chi connectivity index (χ4n) is 6.21. The van der Waals surface area contributed by atoms with E-state index in [1.165, 1.54) is 30.9 Å². The number of ether oxygens (including phenoxy) is 2. The van der Waals surface area contributed by atoms with Crippen molar-refractivity contribution in [2.45, 2.75) is 44.5 Å². The summed E-state index contributed by atoms with van der Waals surface area (Å²) in [5.41, 5.74) is 4.12. The maximum Gasteiger partial charge on any atom is 0.308 e. The van der Waals surface area contributed by atoms with Crippen LogP contribution in [-0.4, -0.2) is 70.8 Å². The molecule has 2 aromatic carbocycles. The molecule has 12 nitrogen and oxygen atoms in total. The molecule has 0 aliphatic carbocycles. The zero-order chi connectivity index (χ0) is 37.6. The lowest BCUT2D eigenvalue weighted by atomic mass is 9.97. The fraction of sp³-hybridized carbons (Fsp3) is 0.289. The Morgan fingerprint density at radius 3 is 2.45 bits per heavy atom. The number of hydrogen-bond donors (Lipinski definition) is 4. The Bertz CT molecular complexity index is 2230. The highest BCUT2D eigenvalue weighted by Gasteiger charge is 2.22. The molecule has 0 bridgehead atoms. The Kier molecular flexibility index (Phi) is 12.0. The first-order valence-electron chi connectivity index (χ1n) is 16.9. The Hall–Kier alpha value is -4.92. The van der Waals surface area contributed by atoms with E-state index in [4.69, 9.17) is 27.9 Å². The molecule has 0 radical (unpaired) electrons. The number of aliphatic hydroxyl groups is 1. The molecule has 1 fully saturated rings. The second-order valence-electron chi connectivity index (χ2n) is 12.5. The minimum absolute atomic E-state index is 0.00529. The van der Waals surface area contributed by atoms with Crippen molar-refractivity contribution in [3.63, 3.8) is 0 Å². The Labute approximate surface area is 314 Å². The third-order valence-corrected chi connectivity index (χ3v) is 9.80. The Balaban J connectivity index is 1.23. The average molecular weight is 764 g/mol. The van der Waals surface area contributed by atoms with Crippen LogP contribution in [0.3, 0.4) is 0 Å². The van der Waals surface area contributed by atoms with Gasteiger partial charge in [-0.1, -0.05) is 59.6 Å². The molecule has 4 N–H and O–H groups in total. The number of pyridine rings is 2. The van der Waals surface area contributed by atoms with Crippen LogP contribution in [0.1, 0.15) is 30.4 Å². The van der Waals surface area contributed by atoms with Crippen molar-refractivity contribution in [1.29, 1.82) is 0 Å². The maximum atomic E-state index is 15.6. The van der Waals surface area contributed by atoms with Gasteiger partial charge in [0.1, 0.15) is 11.5 Å². The number of benzene rings is 2. The zero-order valence-corrected chi connectivity index (χ0v) is 30.4. The number of methoxy groups -OCH3 is 2. The second kappa shape index (κ2) is 16.8. The van der Waals surface area contributed by atoms with E-state index in [1.807, 2.05) is 24.3 Å². The van der Waals surface area contributed by atoms with Crippen molar-refractivity contribution < 1.29 is 28.6 Å². The molecule has 5 aromatic rings. The number of esters is 1. The van der Waals surface area contributed by atoms with Gasteiger partial charge >= 0.3 is 5.97 Å². The predicted octanol–water partition coefficient (Wildman–Crippen LogP) is 4.93. The number of carbonyl (C=O) groups excluding carboxylic acids is 2. The summed E-state index contributed by atoms with van der Waals surface area (Å²) in [5.74, 6) is -0.915. The smallest absolute Gasteiger partial charge is 0.308 e. The normalized spacial score (nSPS) is 14.7. The minimum Gasteiger partial charge on any atom is -0.481 e. The number of carbonyl (C=O) groups is 2. The summed E-state index contributed by atoms with van der Waals surface area (Å²) in [6, 6.07) is 15.7. The SMILES string of the molecule is COC(=O)C[C@@H](O)CNCc1cnc2cc(-c3cccc(-c4cccc(-c5cc(F)c(CNC[C@H]6CCC(=O)N6)c(OC)n5)c4Cl)c3Cl)ccn2c1=O. The standard InChI is InChI=1S/C38H37Cl2FN6O6/c1-52-34(50)14-24(48)19-42-16-22-17-44-32-13-21(11-12-47(32)38(22)51)25-5-3-6-26(35(25)39)27-7-4-8-28(36(27)40)31-15-30(41)29(37(46-31)53-2)20-43-18-23-9-10-33(49)45-23/h3-8,11-13,15,17,23-24,42-43,48H,9-10,14,16,18-20H2,1-2H3,(H,45,49)/t23-,24-/m1/s1. The van der Waals surface area contributed by atoms with E-state index in [-0.39, 0.29) is 60.7 Å². The van der Waals surface area contributed by atoms with Gasteiger partial charge in [-0.15, -0.1) is 0 Å². The maximum absolute atomic E-state index is 15.6. The molecule has 1 amide bonds. The first kappa shape index (κ1) is 37.8. The summed E-state index contributed by atoms with van der Waals surface area (Å²) >= 11 is 14.0. The quantitative estimate of drug-likeness (QED) is 0.115. The number of fused-ring (bicyclic) bond motifs is 1. The summed E-state index contributed by atoms with van der Waals surface area (Å²) in [6.07, 6.45) is 3.17. The molecule has 2 atom stereocenters. The minimum atomic E-state index is -0.957. The fourth-order valence-corrected chi connectivity index (χ4v) is 6.87. The van der Waals surface area contributed by atoms with Crippen LogP contribution in [0.4, 0.5) is 4.39 Å². The second-order valence-corrected chi connectivity index (χ2v) is 13.3. The van der Waals surface area contributed by atoms with Crippen molar-refractivity contribution in [1.82, 2.24) is 30.3 Å². The van der Waals surface area contributed by atoms with Crippen LogP contribution in [0.15, 0.2) is 71.8 Å². The summed E-state index contributed by atoms with van der Waals surface area (Å²) in [4.78, 5) is 45.1. The Morgan fingerprint density at radius 2 is 1.75 bits per heavy atom. The van der Waals surface area contributed by atoms with E-state index in [0.29, 0.717) is 62.0 Å². The van der Waals surface area contributed by atoms with Gasteiger partial charge in [0.25, 0.3) is 5.56 Å². The van der Waals surface area contributed by atoms with Gasteiger partial charge in [-0.2, -0.15) is 0 Å². The third kappa shape index (κ3) is 8.50. The summed E-state index contributed by atoms with van der Waals surface area (Å²) in [7, 11) is 2.67. The Morgan fingerprint density at radius 1 is 1.04 bits per heavy atom. The van der Waals surface area contributed by atoms with E-state index in [2.05, 4.69) is 30.7 Å². The van der Waals surface area contributed by atoms with Gasteiger partial charge in [0, 0.05) is 84.9 Å². The van der Waals surface area contributed by atoms with Gasteiger partial charge in [-0.25, -0.2) is 14.4 Å². The number of rotatable bonds is 14. The van der Waals surface area contributed by atoms with Crippen molar-refractivity contribution >= 4 is 40.7 Å². The number of hydrogen-bond acceptors (Lipinski definition) is 10. The summed E-state index contributed by atoms with van der Waals surface area (Å²) < 4.78 is 27.0. The third-order valence-electron chi connectivity index (χ3n) is 8.98. The van der Waals surface area contributed by atoms with E-state index >= 15 is 4.39 Å². The molecular formula is C38H37Cl2FN6O6. The molecule has 3 aromatic heterocycles. The van der Waals surface area contributed by atoms with E-state index in [1.54, 1.807) is 30.5 Å². The van der Waals surface area contributed by atoms with Crippen molar-refractivity contribution in [3.8, 4) is 39.4 Å². The van der Waals surface area contributed by atoms with E-state index in [0.717, 1.165) is 6.42 Å². The summed E-state index contributed by atoms with van der Waals surface area (Å²) in [6.45, 7) is 0.882. The van der Waals surface area contributed by atoms with E-state index < -0.39 is 17.9 Å². The molecule has 1 aliphatic heterocycles. The van der Waals surface area contributed by atoms with Crippen LogP contribution in [0, 0.1) is 5.82 Å². The summed E-state index contributed by atoms with van der Waals surface area (Å²) in [5, 5.41) is 19.7. The largest absolute Gasteiger partial charge is 0.481 e. The van der Waals surface area contributed by atoms with Gasteiger partial charge in [-0.05, 0) is 24.1 Å². The van der Waals surface area contributed by atoms with Crippen LogP contribution in [0.25, 0.3) is 39.2 Å². The lowest BCUT2D eigenvalue weighted by molar-refractivity contribution is -0.142. The lowest BCUT2D eigenvalue weighted by Gasteiger charge is -2.16. The molecular weight excluding hydrogens is 726 g/mol. The molecule has 53 heavy (non-hydrogen) atoms. The first-order valence-corrected chi connectivity index (χ1v) is 17.6. The zero-order valence-electron chi connectivity index (χ0n) is 28.9. The molecule has 6 rings (SSSR count). The van der Waals surface area contributed by atoms with Crippen LogP contribution in [-0.2, 0) is 27.4 Å². The monoisotopic (exact) mass is 762 g/mol. The van der Waals surface area contributed by atoms with Crippen molar-refractivity contribution in [3.05, 3.63) is 104 Å². The molecule has 0 unspecified atom stereocenters. The van der Waals surface area contributed by atoms with Gasteiger partial charge < -0.3 is 30.5 Å². The predicted molar refractivity (Wildman–Crippen MR) is 199 cm³/mol. The number of aromatic nitrogens is 3. The number of nitrogens with one attached hydrogen (secondary N) is 3. The molecule has 4 heterocycles. The molecule has 1 aliphatic rings. The highest BCUT2D eigenvalue weighted by Crippen LogP contribution is 2.42. The lowest BCUT2D eigenvalue weighted by Crippen LogP contribution is -2.35. The molecule has 0 saturated carbocycles. The van der Waals surface area contributed by atoms with E-state index in [9.17, 15) is 19.5 Å². The molecule has 276 valence electrons. The first-order chi connectivity index (χ1) is 25.6. The van der Waals surface area contributed by atoms with Crippen LogP contribution in [0.2, 0.25) is 10.0 Å². The van der Waals surface area contributed by atoms with Gasteiger partial charge in [-0.3, -0.25) is 18.8 Å². The van der Waals surface area contributed by atoms with Gasteiger partial charge in [0.05, 0.1) is 48.0 Å². The van der Waals surface area contributed by atoms with Crippen molar-refractivity contribution in [2.24, 2.45) is 0 Å². The number of nitrogens with zero attached hydrogens (tertiary/aromatic N) is 3. The molecule has 1 saturated heterocycles. The van der Waals surface area contributed by atoms with Crippen LogP contribution < -0.4 is 26.2 Å². The van der Waals surface area contributed by atoms with Crippen molar-refractivity contribution in [2.75, 3.05) is 27.3 Å². The van der Waals surface area contributed by atoms with Gasteiger partial charge in [0.15, 0.2) is 0 Å². The number of aliphatic hydroxyl groups excluding tert-OH is 1. The highest BCUT2D eigenvalue weighted by atomic mass is 35.5. The number of halogens is 3. The number of amides is 1. The highest BCUT2D eigenvalue weighted by molar-refractivity contribution is 6.39. The topological polar surface area (TPSA) is 156 Å². The average Bonchev–Trinajstić information content (AvgIpc) is 3.57.